The summed E-state index contributed by atoms with van der Waals surface area (Å²) in [7, 11) is -3.34. The van der Waals surface area contributed by atoms with E-state index in [9.17, 15) is 8.42 Å². The van der Waals surface area contributed by atoms with Crippen LogP contribution in [0.5, 0.6) is 0 Å². The Morgan fingerprint density at radius 1 is 1.36 bits per heavy atom. The van der Waals surface area contributed by atoms with Crippen LogP contribution in [0.3, 0.4) is 0 Å². The van der Waals surface area contributed by atoms with Crippen LogP contribution in [0.1, 0.15) is 40.0 Å². The molecule has 4 N–H and O–H groups in total. The summed E-state index contributed by atoms with van der Waals surface area (Å²) in [4.78, 5) is 4.02. The van der Waals surface area contributed by atoms with Crippen LogP contribution >= 0.6 is 24.0 Å². The summed E-state index contributed by atoms with van der Waals surface area (Å²) in [6.07, 6.45) is 3.04. The molecule has 0 aromatic carbocycles. The quantitative estimate of drug-likeness (QED) is 0.317. The number of guanidine groups is 1. The van der Waals surface area contributed by atoms with Crippen molar-refractivity contribution < 1.29 is 13.2 Å². The lowest BCUT2D eigenvalue weighted by atomic mass is 10.1. The molecule has 1 fully saturated rings. The van der Waals surface area contributed by atoms with E-state index < -0.39 is 10.0 Å². The first-order valence-electron chi connectivity index (χ1n) is 7.35. The molecule has 0 radical (unpaired) electrons. The largest absolute Gasteiger partial charge is 0.377 e. The highest BCUT2D eigenvalue weighted by Gasteiger charge is 2.17. The molecule has 7 nitrogen and oxygen atoms in total. The van der Waals surface area contributed by atoms with Crippen molar-refractivity contribution in [3.63, 3.8) is 0 Å². The molecule has 0 aliphatic carbocycles. The zero-order valence-electron chi connectivity index (χ0n) is 13.6. The van der Waals surface area contributed by atoms with Gasteiger partial charge in [0.2, 0.25) is 10.0 Å². The molecule has 0 aromatic rings. The Labute approximate surface area is 150 Å². The second kappa shape index (κ2) is 9.89. The molecule has 1 aliphatic heterocycles. The molecular formula is C13H29IN4O3S. The maximum Gasteiger partial charge on any atom is 0.213 e. The SMILES string of the molecule is CC(C)(C)NC(N)=NCCS(=O)(=O)NCC1CCCCO1.I. The number of nitrogens with zero attached hydrogens (tertiary/aromatic N) is 1. The van der Waals surface area contributed by atoms with Gasteiger partial charge in [-0.25, -0.2) is 13.1 Å². The second-order valence-corrected chi connectivity index (χ2v) is 8.22. The Bertz CT molecular complexity index is 443. The van der Waals surface area contributed by atoms with Crippen LogP contribution in [-0.4, -0.2) is 51.5 Å². The first-order chi connectivity index (χ1) is 9.68. The molecule has 0 amide bonds. The maximum absolute atomic E-state index is 11.8. The predicted octanol–water partition coefficient (Wildman–Crippen LogP) is 0.796. The summed E-state index contributed by atoms with van der Waals surface area (Å²) in [6.45, 7) is 7.05. The number of nitrogens with one attached hydrogen (secondary N) is 2. The summed E-state index contributed by atoms with van der Waals surface area (Å²) in [5, 5.41) is 2.98. The van der Waals surface area contributed by atoms with Crippen molar-refractivity contribution in [1.82, 2.24) is 10.0 Å². The van der Waals surface area contributed by atoms with Gasteiger partial charge in [-0.3, -0.25) is 4.99 Å². The minimum atomic E-state index is -3.34. The monoisotopic (exact) mass is 448 g/mol. The number of nitrogens with two attached hydrogens (primary N) is 1. The van der Waals surface area contributed by atoms with Crippen molar-refractivity contribution in [3.05, 3.63) is 0 Å². The van der Waals surface area contributed by atoms with Gasteiger partial charge in [0.05, 0.1) is 18.4 Å². The number of aliphatic imine (C=N–C) groups is 1. The second-order valence-electron chi connectivity index (χ2n) is 6.30. The van der Waals surface area contributed by atoms with Gasteiger partial charge in [0, 0.05) is 18.7 Å². The standard InChI is InChI=1S/C13H28N4O3S.HI/c1-13(2,3)17-12(14)15-7-9-21(18,19)16-10-11-6-4-5-8-20-11;/h11,16H,4-10H2,1-3H3,(H3,14,15,17);1H. The third-order valence-corrected chi connectivity index (χ3v) is 4.28. The number of hydrogen-bond acceptors (Lipinski definition) is 4. The Kier molecular flexibility index (Phi) is 9.83. The molecule has 22 heavy (non-hydrogen) atoms. The fourth-order valence-electron chi connectivity index (χ4n) is 1.97. The first-order valence-corrected chi connectivity index (χ1v) is 9.00. The van der Waals surface area contributed by atoms with Gasteiger partial charge in [0.25, 0.3) is 0 Å². The highest BCUT2D eigenvalue weighted by Crippen LogP contribution is 2.11. The zero-order valence-corrected chi connectivity index (χ0v) is 16.7. The number of hydrogen-bond donors (Lipinski definition) is 3. The third kappa shape index (κ3) is 10.6. The van der Waals surface area contributed by atoms with Gasteiger partial charge in [-0.1, -0.05) is 0 Å². The fourth-order valence-corrected chi connectivity index (χ4v) is 2.89. The minimum Gasteiger partial charge on any atom is -0.377 e. The number of sulfonamides is 1. The van der Waals surface area contributed by atoms with Crippen LogP contribution in [0.25, 0.3) is 0 Å². The van der Waals surface area contributed by atoms with Crippen molar-refractivity contribution in [2.45, 2.75) is 51.7 Å². The van der Waals surface area contributed by atoms with E-state index in [0.29, 0.717) is 13.2 Å². The van der Waals surface area contributed by atoms with Gasteiger partial charge >= 0.3 is 0 Å². The topological polar surface area (TPSA) is 106 Å². The van der Waals surface area contributed by atoms with E-state index >= 15 is 0 Å². The zero-order chi connectivity index (χ0) is 15.9. The van der Waals surface area contributed by atoms with Crippen LogP contribution in [0.2, 0.25) is 0 Å². The van der Waals surface area contributed by atoms with Gasteiger partial charge in [-0.2, -0.15) is 0 Å². The first kappa shape index (κ1) is 21.9. The van der Waals surface area contributed by atoms with Crippen molar-refractivity contribution in [2.75, 3.05) is 25.4 Å². The van der Waals surface area contributed by atoms with E-state index in [2.05, 4.69) is 15.0 Å². The summed E-state index contributed by atoms with van der Waals surface area (Å²) in [5.41, 5.74) is 5.49. The molecule has 1 aliphatic rings. The Morgan fingerprint density at radius 3 is 2.59 bits per heavy atom. The van der Waals surface area contributed by atoms with Crippen molar-refractivity contribution in [1.29, 1.82) is 0 Å². The van der Waals surface area contributed by atoms with E-state index in [0.717, 1.165) is 19.3 Å². The molecule has 1 rings (SSSR count). The molecule has 132 valence electrons. The summed E-state index contributed by atoms with van der Waals surface area (Å²) in [6, 6.07) is 0. The lowest BCUT2D eigenvalue weighted by Gasteiger charge is -2.22. The average Bonchev–Trinajstić information content (AvgIpc) is 2.35. The lowest BCUT2D eigenvalue weighted by molar-refractivity contribution is 0.0200. The molecule has 0 bridgehead atoms. The molecule has 0 aromatic heterocycles. The molecular weight excluding hydrogens is 419 g/mol. The Hall–Kier alpha value is -0.130. The predicted molar refractivity (Wildman–Crippen MR) is 100 cm³/mol. The van der Waals surface area contributed by atoms with Crippen molar-refractivity contribution >= 4 is 40.0 Å². The molecule has 1 heterocycles. The van der Waals surface area contributed by atoms with Crippen LogP contribution in [-0.2, 0) is 14.8 Å². The molecule has 1 atom stereocenters. The maximum atomic E-state index is 11.8. The van der Waals surface area contributed by atoms with E-state index in [1.165, 1.54) is 0 Å². The number of halogens is 1. The van der Waals surface area contributed by atoms with E-state index in [1.54, 1.807) is 0 Å². The Morgan fingerprint density at radius 2 is 2.05 bits per heavy atom. The molecule has 9 heteroatoms. The van der Waals surface area contributed by atoms with E-state index in [-0.39, 0.29) is 53.9 Å². The summed E-state index contributed by atoms with van der Waals surface area (Å²) < 4.78 is 31.7. The van der Waals surface area contributed by atoms with E-state index in [4.69, 9.17) is 10.5 Å². The highest BCUT2D eigenvalue weighted by atomic mass is 127. The minimum absolute atomic E-state index is 0. The fraction of sp³-hybridized carbons (Fsp3) is 0.923. The number of rotatable bonds is 6. The summed E-state index contributed by atoms with van der Waals surface area (Å²) in [5.74, 6) is 0.181. The van der Waals surface area contributed by atoms with Crippen molar-refractivity contribution in [3.8, 4) is 0 Å². The van der Waals surface area contributed by atoms with E-state index in [1.807, 2.05) is 20.8 Å². The molecule has 1 unspecified atom stereocenters. The molecule has 1 saturated heterocycles. The molecule has 0 saturated carbocycles. The van der Waals surface area contributed by atoms with Crippen LogP contribution in [0.4, 0.5) is 0 Å². The van der Waals surface area contributed by atoms with Crippen LogP contribution in [0, 0.1) is 0 Å². The lowest BCUT2D eigenvalue weighted by Crippen LogP contribution is -2.45. The van der Waals surface area contributed by atoms with Gasteiger partial charge in [-0.15, -0.1) is 24.0 Å². The van der Waals surface area contributed by atoms with Gasteiger partial charge < -0.3 is 15.8 Å². The van der Waals surface area contributed by atoms with Gasteiger partial charge in [0.15, 0.2) is 5.96 Å². The van der Waals surface area contributed by atoms with Gasteiger partial charge in [0.1, 0.15) is 0 Å². The highest BCUT2D eigenvalue weighted by molar-refractivity contribution is 14.0. The average molecular weight is 448 g/mol. The third-order valence-electron chi connectivity index (χ3n) is 2.95. The smallest absolute Gasteiger partial charge is 0.213 e. The normalized spacial score (nSPS) is 20.3. The number of ether oxygens (including phenoxy) is 1. The van der Waals surface area contributed by atoms with Gasteiger partial charge in [-0.05, 0) is 40.0 Å². The van der Waals surface area contributed by atoms with Crippen LogP contribution in [0.15, 0.2) is 4.99 Å². The van der Waals surface area contributed by atoms with Crippen molar-refractivity contribution in [2.24, 2.45) is 10.7 Å². The summed E-state index contributed by atoms with van der Waals surface area (Å²) >= 11 is 0. The van der Waals surface area contributed by atoms with Crippen LogP contribution < -0.4 is 15.8 Å². The Balaban J connectivity index is 0.00000441. The molecule has 0 spiro atoms.